The number of rotatable bonds is 5. The van der Waals surface area contributed by atoms with Crippen LogP contribution in [0.2, 0.25) is 0 Å². The molecule has 0 fully saturated rings. The maximum Gasteiger partial charge on any atom is 0.188 e. The van der Waals surface area contributed by atoms with Gasteiger partial charge in [0.1, 0.15) is 11.6 Å². The minimum atomic E-state index is -0.305. The van der Waals surface area contributed by atoms with Gasteiger partial charge in [0.2, 0.25) is 0 Å². The van der Waals surface area contributed by atoms with E-state index < -0.39 is 0 Å². The van der Waals surface area contributed by atoms with Gasteiger partial charge in [0, 0.05) is 24.1 Å². The van der Waals surface area contributed by atoms with Gasteiger partial charge in [0.25, 0.3) is 0 Å². The molecule has 4 heteroatoms. The van der Waals surface area contributed by atoms with Crippen molar-refractivity contribution >= 4 is 22.0 Å². The fourth-order valence-electron chi connectivity index (χ4n) is 1.03. The van der Waals surface area contributed by atoms with E-state index in [1.54, 1.807) is 18.2 Å². The van der Waals surface area contributed by atoms with Crippen molar-refractivity contribution in [1.29, 1.82) is 0 Å². The first-order chi connectivity index (χ1) is 7.27. The van der Waals surface area contributed by atoms with Gasteiger partial charge < -0.3 is 9.47 Å². The fraction of sp³-hybridized carbons (Fsp3) is 0.273. The van der Waals surface area contributed by atoms with Crippen LogP contribution in [0.4, 0.5) is 4.39 Å². The number of methoxy groups -OCH3 is 1. The summed E-state index contributed by atoms with van der Waals surface area (Å²) in [5, 5.41) is 0.703. The quantitative estimate of drug-likeness (QED) is 0.606. The second kappa shape index (κ2) is 6.58. The Bertz CT molecular complexity index is 339. The average molecular weight is 275 g/mol. The van der Waals surface area contributed by atoms with Crippen LogP contribution in [0.1, 0.15) is 5.56 Å². The van der Waals surface area contributed by atoms with Crippen molar-refractivity contribution in [2.24, 2.45) is 0 Å². The monoisotopic (exact) mass is 274 g/mol. The zero-order valence-electron chi connectivity index (χ0n) is 8.37. The lowest BCUT2D eigenvalue weighted by Crippen LogP contribution is -1.99. The predicted octanol–water partition coefficient (Wildman–Crippen LogP) is 3.22. The third kappa shape index (κ3) is 4.01. The molecule has 82 valence electrons. The van der Waals surface area contributed by atoms with Gasteiger partial charge in [-0.1, -0.05) is 28.1 Å². The molecule has 0 saturated heterocycles. The van der Waals surface area contributed by atoms with Crippen LogP contribution in [0.25, 0.3) is 6.08 Å². The van der Waals surface area contributed by atoms with E-state index in [0.29, 0.717) is 16.6 Å². The van der Waals surface area contributed by atoms with Gasteiger partial charge in [-0.05, 0) is 12.1 Å². The van der Waals surface area contributed by atoms with E-state index in [-0.39, 0.29) is 12.6 Å². The lowest BCUT2D eigenvalue weighted by atomic mass is 10.2. The number of alkyl halides is 1. The number of allylic oxidation sites excluding steroid dienone is 1. The van der Waals surface area contributed by atoms with E-state index in [1.165, 1.54) is 13.2 Å². The second-order valence-electron chi connectivity index (χ2n) is 2.79. The molecule has 0 aliphatic carbocycles. The highest BCUT2D eigenvalue weighted by molar-refractivity contribution is 9.09. The van der Waals surface area contributed by atoms with E-state index >= 15 is 0 Å². The summed E-state index contributed by atoms with van der Waals surface area (Å²) in [5.41, 5.74) is 0.541. The summed E-state index contributed by atoms with van der Waals surface area (Å²) in [6.07, 6.45) is 3.54. The highest BCUT2D eigenvalue weighted by atomic mass is 79.9. The Balaban J connectivity index is 2.74. The maximum absolute atomic E-state index is 13.4. The Kier molecular flexibility index (Phi) is 5.36. The summed E-state index contributed by atoms with van der Waals surface area (Å²) in [7, 11) is 1.52. The van der Waals surface area contributed by atoms with Crippen LogP contribution in [0.5, 0.6) is 5.75 Å². The van der Waals surface area contributed by atoms with Crippen molar-refractivity contribution < 1.29 is 13.9 Å². The molecule has 1 aromatic rings. The van der Waals surface area contributed by atoms with Crippen LogP contribution in [0.15, 0.2) is 24.3 Å². The zero-order valence-corrected chi connectivity index (χ0v) is 9.96. The SMILES string of the molecule is COCOc1ccc(C=CCBr)c(F)c1. The van der Waals surface area contributed by atoms with Gasteiger partial charge in [-0.25, -0.2) is 4.39 Å². The molecule has 0 aliphatic rings. The normalized spacial score (nSPS) is 10.9. The molecule has 0 radical (unpaired) electrons. The molecule has 0 heterocycles. The number of benzene rings is 1. The van der Waals surface area contributed by atoms with Crippen molar-refractivity contribution in [2.45, 2.75) is 0 Å². The molecule has 0 aliphatic heterocycles. The van der Waals surface area contributed by atoms with E-state index in [9.17, 15) is 4.39 Å². The lowest BCUT2D eigenvalue weighted by molar-refractivity contribution is 0.0509. The third-order valence-electron chi connectivity index (χ3n) is 1.70. The topological polar surface area (TPSA) is 18.5 Å². The molecular weight excluding hydrogens is 263 g/mol. The molecule has 0 atom stereocenters. The first-order valence-corrected chi connectivity index (χ1v) is 5.54. The second-order valence-corrected chi connectivity index (χ2v) is 3.44. The van der Waals surface area contributed by atoms with Gasteiger partial charge in [0.15, 0.2) is 6.79 Å². The summed E-state index contributed by atoms with van der Waals surface area (Å²) >= 11 is 3.23. The molecule has 0 unspecified atom stereocenters. The van der Waals surface area contributed by atoms with Gasteiger partial charge >= 0.3 is 0 Å². The van der Waals surface area contributed by atoms with Crippen molar-refractivity contribution in [2.75, 3.05) is 19.2 Å². The number of hydrogen-bond donors (Lipinski definition) is 0. The highest BCUT2D eigenvalue weighted by Gasteiger charge is 2.01. The first-order valence-electron chi connectivity index (χ1n) is 4.41. The molecule has 0 N–H and O–H groups in total. The molecule has 0 aromatic heterocycles. The minimum Gasteiger partial charge on any atom is -0.467 e. The Morgan fingerprint density at radius 2 is 2.27 bits per heavy atom. The molecular formula is C11H12BrFO2. The smallest absolute Gasteiger partial charge is 0.188 e. The largest absolute Gasteiger partial charge is 0.467 e. The Morgan fingerprint density at radius 1 is 1.47 bits per heavy atom. The predicted molar refractivity (Wildman–Crippen MR) is 61.7 cm³/mol. The van der Waals surface area contributed by atoms with Gasteiger partial charge in [-0.15, -0.1) is 0 Å². The summed E-state index contributed by atoms with van der Waals surface area (Å²) in [6, 6.07) is 4.71. The molecule has 0 spiro atoms. The average Bonchev–Trinajstić information content (AvgIpc) is 2.25. The van der Waals surface area contributed by atoms with Crippen LogP contribution in [0.3, 0.4) is 0 Å². The first kappa shape index (κ1) is 12.2. The Hall–Kier alpha value is -0.870. The fourth-order valence-corrected chi connectivity index (χ4v) is 1.22. The van der Waals surface area contributed by atoms with Gasteiger partial charge in [-0.2, -0.15) is 0 Å². The highest BCUT2D eigenvalue weighted by Crippen LogP contribution is 2.17. The van der Waals surface area contributed by atoms with Crippen molar-refractivity contribution in [3.8, 4) is 5.75 Å². The minimum absolute atomic E-state index is 0.121. The Morgan fingerprint density at radius 3 is 2.87 bits per heavy atom. The molecule has 0 amide bonds. The van der Waals surface area contributed by atoms with Crippen LogP contribution in [-0.4, -0.2) is 19.2 Å². The van der Waals surface area contributed by atoms with Crippen molar-refractivity contribution in [3.05, 3.63) is 35.7 Å². The standard InChI is InChI=1S/C11H12BrFO2/c1-14-8-15-10-5-4-9(3-2-6-12)11(13)7-10/h2-5,7H,6,8H2,1H3. The summed E-state index contributed by atoms with van der Waals surface area (Å²) in [6.45, 7) is 0.121. The van der Waals surface area contributed by atoms with E-state index in [2.05, 4.69) is 15.9 Å². The van der Waals surface area contributed by atoms with Gasteiger partial charge in [0.05, 0.1) is 0 Å². The molecule has 1 aromatic carbocycles. The molecule has 0 saturated carbocycles. The van der Waals surface area contributed by atoms with E-state index in [4.69, 9.17) is 9.47 Å². The number of ether oxygens (including phenoxy) is 2. The van der Waals surface area contributed by atoms with Crippen LogP contribution >= 0.6 is 15.9 Å². The maximum atomic E-state index is 13.4. The zero-order chi connectivity index (χ0) is 11.1. The van der Waals surface area contributed by atoms with Crippen LogP contribution in [0, 0.1) is 5.82 Å². The van der Waals surface area contributed by atoms with Crippen molar-refractivity contribution in [3.63, 3.8) is 0 Å². The third-order valence-corrected chi connectivity index (χ3v) is 2.08. The summed E-state index contributed by atoms with van der Waals surface area (Å²) < 4.78 is 23.2. The Labute approximate surface area is 96.8 Å². The van der Waals surface area contributed by atoms with E-state index in [0.717, 1.165) is 0 Å². The van der Waals surface area contributed by atoms with Crippen molar-refractivity contribution in [1.82, 2.24) is 0 Å². The number of hydrogen-bond acceptors (Lipinski definition) is 2. The molecule has 2 nitrogen and oxygen atoms in total. The van der Waals surface area contributed by atoms with Crippen LogP contribution < -0.4 is 4.74 Å². The van der Waals surface area contributed by atoms with Crippen LogP contribution in [-0.2, 0) is 4.74 Å². The molecule has 0 bridgehead atoms. The number of halogens is 2. The summed E-state index contributed by atoms with van der Waals surface area (Å²) in [4.78, 5) is 0. The van der Waals surface area contributed by atoms with E-state index in [1.807, 2.05) is 6.08 Å². The molecule has 1 rings (SSSR count). The van der Waals surface area contributed by atoms with Gasteiger partial charge in [-0.3, -0.25) is 0 Å². The summed E-state index contributed by atoms with van der Waals surface area (Å²) in [5.74, 6) is 0.158. The molecule has 15 heavy (non-hydrogen) atoms. The lowest BCUT2D eigenvalue weighted by Gasteiger charge is -2.05.